The largest absolute Gasteiger partial charge is 0.493 e. The summed E-state index contributed by atoms with van der Waals surface area (Å²) in [4.78, 5) is 33.3. The average Bonchev–Trinajstić information content (AvgIpc) is 3.51. The van der Waals surface area contributed by atoms with E-state index in [4.69, 9.17) is 18.9 Å². The molecule has 11 heteroatoms. The van der Waals surface area contributed by atoms with Gasteiger partial charge in [-0.05, 0) is 55.0 Å². The molecule has 0 N–H and O–H groups in total. The Labute approximate surface area is 250 Å². The number of halogens is 2. The molecule has 43 heavy (non-hydrogen) atoms. The number of aromatic nitrogens is 1. The molecule has 0 radical (unpaired) electrons. The first-order valence-corrected chi connectivity index (χ1v) is 14.1. The third kappa shape index (κ3) is 7.71. The first-order chi connectivity index (χ1) is 20.8. The maximum atomic E-state index is 15.6. The first kappa shape index (κ1) is 31.5. The molecule has 0 bridgehead atoms. The Hall–Kier alpha value is -4.41. The number of benzene rings is 2. The van der Waals surface area contributed by atoms with E-state index in [1.807, 2.05) is 42.5 Å². The lowest BCUT2D eigenvalue weighted by Gasteiger charge is -2.30. The fraction of sp³-hybridized carbons (Fsp3) is 0.406. The minimum Gasteiger partial charge on any atom is -0.493 e. The van der Waals surface area contributed by atoms with Gasteiger partial charge in [0.15, 0.2) is 11.5 Å². The Bertz CT molecular complexity index is 1330. The highest BCUT2D eigenvalue weighted by Gasteiger charge is 2.48. The van der Waals surface area contributed by atoms with Crippen molar-refractivity contribution in [3.8, 4) is 17.2 Å². The molecule has 9 nitrogen and oxygen atoms in total. The van der Waals surface area contributed by atoms with E-state index in [1.54, 1.807) is 17.3 Å². The van der Waals surface area contributed by atoms with Crippen LogP contribution in [0.15, 0.2) is 67.0 Å². The number of aryl methyl sites for hydroxylation is 1. The van der Waals surface area contributed by atoms with Gasteiger partial charge in [0.1, 0.15) is 6.61 Å². The van der Waals surface area contributed by atoms with E-state index in [9.17, 15) is 9.59 Å². The van der Waals surface area contributed by atoms with E-state index in [1.165, 1.54) is 21.3 Å². The van der Waals surface area contributed by atoms with Crippen LogP contribution in [0.5, 0.6) is 17.2 Å². The zero-order chi connectivity index (χ0) is 30.8. The highest BCUT2D eigenvalue weighted by Crippen LogP contribution is 2.43. The minimum atomic E-state index is -3.88. The molecule has 1 aromatic heterocycles. The van der Waals surface area contributed by atoms with Crippen LogP contribution in [0, 0.1) is 0 Å². The van der Waals surface area contributed by atoms with Gasteiger partial charge < -0.3 is 28.7 Å². The second-order valence-corrected chi connectivity index (χ2v) is 10.2. The van der Waals surface area contributed by atoms with Gasteiger partial charge in [0, 0.05) is 37.6 Å². The van der Waals surface area contributed by atoms with E-state index in [0.29, 0.717) is 32.4 Å². The Morgan fingerprint density at radius 3 is 2.33 bits per heavy atom. The summed E-state index contributed by atoms with van der Waals surface area (Å²) in [6.07, 6.45) is 5.29. The molecule has 1 atom stereocenters. The van der Waals surface area contributed by atoms with Crippen LogP contribution < -0.4 is 14.2 Å². The lowest BCUT2D eigenvalue weighted by molar-refractivity contribution is -0.160. The molecule has 1 aliphatic rings. The number of carbonyl (C=O) groups is 2. The SMILES string of the molecule is COc1cc(C(F)(F)C(=O)N2CCC[C@H]2COC(=O)N(CCCc2cccnc2)Cc2ccccc2)cc(OC)c1OC. The van der Waals surface area contributed by atoms with E-state index >= 15 is 8.78 Å². The maximum absolute atomic E-state index is 15.6. The molecular weight excluding hydrogens is 560 g/mol. The summed E-state index contributed by atoms with van der Waals surface area (Å²) >= 11 is 0. The van der Waals surface area contributed by atoms with Crippen LogP contribution >= 0.6 is 0 Å². The van der Waals surface area contributed by atoms with Gasteiger partial charge in [0.05, 0.1) is 27.4 Å². The third-order valence-electron chi connectivity index (χ3n) is 7.42. The summed E-state index contributed by atoms with van der Waals surface area (Å²) in [6, 6.07) is 14.8. The van der Waals surface area contributed by atoms with Crippen molar-refractivity contribution in [3.63, 3.8) is 0 Å². The highest BCUT2D eigenvalue weighted by atomic mass is 19.3. The molecule has 4 rings (SSSR count). The summed E-state index contributed by atoms with van der Waals surface area (Å²) in [5, 5.41) is 0. The van der Waals surface area contributed by atoms with Crippen LogP contribution in [0.3, 0.4) is 0 Å². The molecule has 0 aliphatic carbocycles. The predicted octanol–water partition coefficient (Wildman–Crippen LogP) is 5.46. The van der Waals surface area contributed by atoms with Crippen molar-refractivity contribution < 1.29 is 37.3 Å². The molecule has 0 unspecified atom stereocenters. The van der Waals surface area contributed by atoms with Crippen molar-refractivity contribution in [3.05, 3.63) is 83.7 Å². The summed E-state index contributed by atoms with van der Waals surface area (Å²) < 4.78 is 52.5. The maximum Gasteiger partial charge on any atom is 0.410 e. The van der Waals surface area contributed by atoms with Gasteiger partial charge in [0.25, 0.3) is 5.91 Å². The van der Waals surface area contributed by atoms with Crippen molar-refractivity contribution in [2.75, 3.05) is 41.0 Å². The molecule has 1 aliphatic heterocycles. The number of hydrogen-bond acceptors (Lipinski definition) is 7. The molecule has 1 saturated heterocycles. The Balaban J connectivity index is 1.43. The number of nitrogens with zero attached hydrogens (tertiary/aromatic N) is 3. The lowest BCUT2D eigenvalue weighted by atomic mass is 10.0. The van der Waals surface area contributed by atoms with E-state index in [-0.39, 0.29) is 30.4 Å². The van der Waals surface area contributed by atoms with Crippen LogP contribution in [0.2, 0.25) is 0 Å². The van der Waals surface area contributed by atoms with Crippen LogP contribution in [0.25, 0.3) is 0 Å². The molecule has 0 spiro atoms. The van der Waals surface area contributed by atoms with Crippen molar-refractivity contribution >= 4 is 12.0 Å². The number of likely N-dealkylation sites (tertiary alicyclic amines) is 1. The van der Waals surface area contributed by atoms with Gasteiger partial charge in [0.2, 0.25) is 5.75 Å². The third-order valence-corrected chi connectivity index (χ3v) is 7.42. The molecule has 2 amide bonds. The molecule has 0 saturated carbocycles. The van der Waals surface area contributed by atoms with Gasteiger partial charge in [-0.1, -0.05) is 36.4 Å². The smallest absolute Gasteiger partial charge is 0.410 e. The number of amides is 2. The first-order valence-electron chi connectivity index (χ1n) is 14.1. The topological polar surface area (TPSA) is 90.4 Å². The number of methoxy groups -OCH3 is 3. The average molecular weight is 598 g/mol. The van der Waals surface area contributed by atoms with Gasteiger partial charge in [-0.3, -0.25) is 9.78 Å². The zero-order valence-electron chi connectivity index (χ0n) is 24.6. The van der Waals surface area contributed by atoms with Crippen LogP contribution in [0.1, 0.15) is 36.0 Å². The zero-order valence-corrected chi connectivity index (χ0v) is 24.6. The van der Waals surface area contributed by atoms with E-state index < -0.39 is 29.5 Å². The van der Waals surface area contributed by atoms with Gasteiger partial charge in [-0.15, -0.1) is 0 Å². The second-order valence-electron chi connectivity index (χ2n) is 10.2. The fourth-order valence-corrected chi connectivity index (χ4v) is 5.16. The minimum absolute atomic E-state index is 0.0123. The highest BCUT2D eigenvalue weighted by molar-refractivity contribution is 5.86. The van der Waals surface area contributed by atoms with Crippen LogP contribution in [-0.4, -0.2) is 73.9 Å². The lowest BCUT2D eigenvalue weighted by Crippen LogP contribution is -2.46. The fourth-order valence-electron chi connectivity index (χ4n) is 5.16. The summed E-state index contributed by atoms with van der Waals surface area (Å²) in [7, 11) is 3.99. The quantitative estimate of drug-likeness (QED) is 0.258. The normalized spacial score (nSPS) is 14.7. The van der Waals surface area contributed by atoms with Crippen LogP contribution in [0.4, 0.5) is 13.6 Å². The Kier molecular flexibility index (Phi) is 10.7. The van der Waals surface area contributed by atoms with E-state index in [2.05, 4.69) is 4.98 Å². The summed E-state index contributed by atoms with van der Waals surface area (Å²) in [5.41, 5.74) is 1.41. The molecule has 2 aromatic carbocycles. The second kappa shape index (κ2) is 14.7. The van der Waals surface area contributed by atoms with Crippen molar-refractivity contribution in [1.82, 2.24) is 14.8 Å². The number of hydrogen-bond donors (Lipinski definition) is 0. The Morgan fingerprint density at radius 1 is 1.00 bits per heavy atom. The van der Waals surface area contributed by atoms with Gasteiger partial charge in [-0.2, -0.15) is 8.78 Å². The van der Waals surface area contributed by atoms with Gasteiger partial charge in [-0.25, -0.2) is 4.79 Å². The van der Waals surface area contributed by atoms with Gasteiger partial charge >= 0.3 is 12.0 Å². The number of pyridine rings is 1. The Morgan fingerprint density at radius 2 is 1.70 bits per heavy atom. The molecule has 1 fully saturated rings. The van der Waals surface area contributed by atoms with Crippen molar-refractivity contribution in [2.45, 2.75) is 44.2 Å². The number of ether oxygens (including phenoxy) is 4. The summed E-state index contributed by atoms with van der Waals surface area (Å²) in [5.74, 6) is -5.09. The van der Waals surface area contributed by atoms with Crippen molar-refractivity contribution in [1.29, 1.82) is 0 Å². The standard InChI is InChI=1S/C32H37F2N3O6/c1-40-27-18-25(19-28(41-2)29(27)42-3)32(33,34)30(38)37-17-9-14-26(37)22-43-31(39)36(21-24-10-5-4-6-11-24)16-8-13-23-12-7-15-35-20-23/h4-7,10-12,15,18-20,26H,8-9,13-14,16-17,21-22H2,1-3H3/t26-/m0/s1. The summed E-state index contributed by atoms with van der Waals surface area (Å²) in [6.45, 7) is 0.693. The number of rotatable bonds is 13. The molecule has 2 heterocycles. The predicted molar refractivity (Wildman–Crippen MR) is 155 cm³/mol. The molecular formula is C32H37F2N3O6. The number of carbonyl (C=O) groups excluding carboxylic acids is 2. The molecule has 230 valence electrons. The van der Waals surface area contributed by atoms with E-state index in [0.717, 1.165) is 34.6 Å². The number of alkyl halides is 2. The van der Waals surface area contributed by atoms with Crippen molar-refractivity contribution in [2.24, 2.45) is 0 Å². The van der Waals surface area contributed by atoms with Crippen LogP contribution in [-0.2, 0) is 28.4 Å². The molecule has 3 aromatic rings. The monoisotopic (exact) mass is 597 g/mol.